The lowest BCUT2D eigenvalue weighted by Gasteiger charge is -2.25. The molecular formula is C18H17ClN2O4S. The zero-order valence-electron chi connectivity index (χ0n) is 13.7. The quantitative estimate of drug-likeness (QED) is 0.765. The number of hydrogen-bond acceptors (Lipinski definition) is 5. The molecule has 3 rings (SSSR count). The van der Waals surface area contributed by atoms with Crippen LogP contribution in [0.1, 0.15) is 5.56 Å². The van der Waals surface area contributed by atoms with E-state index in [1.165, 1.54) is 11.8 Å². The van der Waals surface area contributed by atoms with Gasteiger partial charge in [-0.25, -0.2) is 0 Å². The summed E-state index contributed by atoms with van der Waals surface area (Å²) < 4.78 is 11.0. The molecule has 2 aromatic rings. The average molecular weight is 393 g/mol. The van der Waals surface area contributed by atoms with Crippen molar-refractivity contribution in [3.8, 4) is 11.5 Å². The molecule has 1 atom stereocenters. The Morgan fingerprint density at radius 2 is 1.81 bits per heavy atom. The molecule has 2 aromatic carbocycles. The topological polar surface area (TPSA) is 76.7 Å². The molecule has 136 valence electrons. The van der Waals surface area contributed by atoms with Crippen molar-refractivity contribution >= 4 is 35.2 Å². The molecule has 0 unspecified atom stereocenters. The molecule has 1 aliphatic heterocycles. The Labute approximate surface area is 160 Å². The minimum Gasteiger partial charge on any atom is -0.485 e. The van der Waals surface area contributed by atoms with Crippen molar-refractivity contribution < 1.29 is 19.1 Å². The fourth-order valence-electron chi connectivity index (χ4n) is 2.24. The van der Waals surface area contributed by atoms with Crippen molar-refractivity contribution in [1.29, 1.82) is 0 Å². The Morgan fingerprint density at radius 1 is 1.08 bits per heavy atom. The van der Waals surface area contributed by atoms with Crippen LogP contribution in [0.3, 0.4) is 0 Å². The number of para-hydroxylation sites is 2. The van der Waals surface area contributed by atoms with Gasteiger partial charge in [0.05, 0.1) is 5.75 Å². The Balaban J connectivity index is 1.37. The zero-order valence-corrected chi connectivity index (χ0v) is 15.3. The van der Waals surface area contributed by atoms with Crippen LogP contribution < -0.4 is 20.3 Å². The van der Waals surface area contributed by atoms with Gasteiger partial charge < -0.3 is 9.47 Å². The number of benzene rings is 2. The highest BCUT2D eigenvalue weighted by Crippen LogP contribution is 2.30. The third-order valence-electron chi connectivity index (χ3n) is 3.54. The van der Waals surface area contributed by atoms with E-state index in [4.69, 9.17) is 21.1 Å². The SMILES string of the molecule is O=C(CSCc1ccc(Cl)cc1)NNC(=O)[C@@H]1COc2ccccc2O1. The van der Waals surface area contributed by atoms with Gasteiger partial charge in [0.2, 0.25) is 12.0 Å². The highest BCUT2D eigenvalue weighted by molar-refractivity contribution is 7.99. The van der Waals surface area contributed by atoms with Crippen LogP contribution >= 0.6 is 23.4 Å². The maximum absolute atomic E-state index is 12.1. The van der Waals surface area contributed by atoms with Gasteiger partial charge in [-0.15, -0.1) is 11.8 Å². The number of hydrazine groups is 1. The van der Waals surface area contributed by atoms with Crippen LogP contribution in [0.15, 0.2) is 48.5 Å². The lowest BCUT2D eigenvalue weighted by Crippen LogP contribution is -2.51. The molecule has 0 radical (unpaired) electrons. The Hall–Kier alpha value is -2.38. The predicted octanol–water partition coefficient (Wildman–Crippen LogP) is 2.56. The number of rotatable bonds is 5. The number of nitrogens with one attached hydrogen (secondary N) is 2. The molecule has 1 aliphatic rings. The number of carbonyl (C=O) groups excluding carboxylic acids is 2. The molecule has 0 saturated heterocycles. The Bertz CT molecular complexity index is 785. The second-order valence-corrected chi connectivity index (χ2v) is 6.94. The van der Waals surface area contributed by atoms with Gasteiger partial charge in [0.1, 0.15) is 6.61 Å². The minimum absolute atomic E-state index is 0.0873. The van der Waals surface area contributed by atoms with Crippen LogP contribution in [0.4, 0.5) is 0 Å². The van der Waals surface area contributed by atoms with Crippen molar-refractivity contribution in [3.63, 3.8) is 0 Å². The Kier molecular flexibility index (Phi) is 6.25. The van der Waals surface area contributed by atoms with Crippen molar-refractivity contribution in [2.24, 2.45) is 0 Å². The van der Waals surface area contributed by atoms with E-state index in [9.17, 15) is 9.59 Å². The number of amides is 2. The van der Waals surface area contributed by atoms with Gasteiger partial charge >= 0.3 is 0 Å². The van der Waals surface area contributed by atoms with Gasteiger partial charge in [-0.1, -0.05) is 35.9 Å². The third kappa shape index (κ3) is 5.06. The van der Waals surface area contributed by atoms with E-state index in [-0.39, 0.29) is 18.3 Å². The first-order valence-electron chi connectivity index (χ1n) is 7.91. The summed E-state index contributed by atoms with van der Waals surface area (Å²) in [7, 11) is 0. The summed E-state index contributed by atoms with van der Waals surface area (Å²) >= 11 is 7.26. The molecule has 8 heteroatoms. The lowest BCUT2D eigenvalue weighted by atomic mass is 10.2. The van der Waals surface area contributed by atoms with E-state index in [0.29, 0.717) is 22.3 Å². The molecule has 0 spiro atoms. The van der Waals surface area contributed by atoms with Crippen LogP contribution in [0, 0.1) is 0 Å². The minimum atomic E-state index is -0.813. The molecule has 2 amide bonds. The first-order valence-corrected chi connectivity index (χ1v) is 9.44. The summed E-state index contributed by atoms with van der Waals surface area (Å²) in [6.45, 7) is 0.0873. The van der Waals surface area contributed by atoms with Gasteiger partial charge in [0.25, 0.3) is 5.91 Å². The summed E-state index contributed by atoms with van der Waals surface area (Å²) in [5.74, 6) is 1.23. The molecular weight excluding hydrogens is 376 g/mol. The first-order chi connectivity index (χ1) is 12.6. The molecule has 0 aliphatic carbocycles. The molecule has 0 fully saturated rings. The van der Waals surface area contributed by atoms with E-state index in [1.54, 1.807) is 18.2 Å². The number of ether oxygens (including phenoxy) is 2. The normalized spacial score (nSPS) is 15.2. The number of carbonyl (C=O) groups is 2. The fourth-order valence-corrected chi connectivity index (χ4v) is 3.15. The second-order valence-electron chi connectivity index (χ2n) is 5.52. The van der Waals surface area contributed by atoms with Crippen molar-refractivity contribution in [2.45, 2.75) is 11.9 Å². The first kappa shape index (κ1) is 18.4. The third-order valence-corrected chi connectivity index (χ3v) is 4.80. The number of fused-ring (bicyclic) bond motifs is 1. The molecule has 0 aromatic heterocycles. The van der Waals surface area contributed by atoms with Gasteiger partial charge in [-0.05, 0) is 29.8 Å². The molecule has 0 bridgehead atoms. The maximum Gasteiger partial charge on any atom is 0.283 e. The number of thioether (sulfide) groups is 1. The lowest BCUT2D eigenvalue weighted by molar-refractivity contribution is -0.134. The molecule has 6 nitrogen and oxygen atoms in total. The fraction of sp³-hybridized carbons (Fsp3) is 0.222. The highest BCUT2D eigenvalue weighted by Gasteiger charge is 2.27. The van der Waals surface area contributed by atoms with Crippen LogP contribution in [-0.4, -0.2) is 30.3 Å². The number of halogens is 1. The van der Waals surface area contributed by atoms with E-state index in [1.807, 2.05) is 30.3 Å². The van der Waals surface area contributed by atoms with Crippen molar-refractivity contribution in [1.82, 2.24) is 10.9 Å². The van der Waals surface area contributed by atoms with Gasteiger partial charge in [0, 0.05) is 10.8 Å². The summed E-state index contributed by atoms with van der Waals surface area (Å²) in [5, 5.41) is 0.677. The molecule has 1 heterocycles. The van der Waals surface area contributed by atoms with Crippen molar-refractivity contribution in [2.75, 3.05) is 12.4 Å². The van der Waals surface area contributed by atoms with E-state index in [2.05, 4.69) is 10.9 Å². The molecule has 0 saturated carbocycles. The monoisotopic (exact) mass is 392 g/mol. The van der Waals surface area contributed by atoms with Crippen molar-refractivity contribution in [3.05, 3.63) is 59.1 Å². The predicted molar refractivity (Wildman–Crippen MR) is 100 cm³/mol. The summed E-state index contributed by atoms with van der Waals surface area (Å²) in [5.41, 5.74) is 5.82. The summed E-state index contributed by atoms with van der Waals surface area (Å²) in [4.78, 5) is 23.9. The van der Waals surface area contributed by atoms with Gasteiger partial charge in [-0.3, -0.25) is 20.4 Å². The zero-order chi connectivity index (χ0) is 18.4. The molecule has 26 heavy (non-hydrogen) atoms. The van der Waals surface area contributed by atoms with Crippen LogP contribution in [0.25, 0.3) is 0 Å². The Morgan fingerprint density at radius 3 is 2.58 bits per heavy atom. The van der Waals surface area contributed by atoms with Crippen LogP contribution in [-0.2, 0) is 15.3 Å². The smallest absolute Gasteiger partial charge is 0.283 e. The maximum atomic E-state index is 12.1. The second kappa shape index (κ2) is 8.82. The number of hydrogen-bond donors (Lipinski definition) is 2. The van der Waals surface area contributed by atoms with E-state index < -0.39 is 12.0 Å². The van der Waals surface area contributed by atoms with E-state index >= 15 is 0 Å². The van der Waals surface area contributed by atoms with E-state index in [0.717, 1.165) is 5.56 Å². The highest BCUT2D eigenvalue weighted by atomic mass is 35.5. The molecule has 2 N–H and O–H groups in total. The van der Waals surface area contributed by atoms with Crippen LogP contribution in [0.5, 0.6) is 11.5 Å². The van der Waals surface area contributed by atoms with Gasteiger partial charge in [-0.2, -0.15) is 0 Å². The van der Waals surface area contributed by atoms with Crippen LogP contribution in [0.2, 0.25) is 5.02 Å². The van der Waals surface area contributed by atoms with Gasteiger partial charge in [0.15, 0.2) is 11.5 Å². The summed E-state index contributed by atoms with van der Waals surface area (Å²) in [6, 6.07) is 14.5. The standard InChI is InChI=1S/C18H17ClN2O4S/c19-13-7-5-12(6-8-13)10-26-11-17(22)20-21-18(23)16-9-24-14-3-1-2-4-15(14)25-16/h1-8,16H,9-11H2,(H,20,22)(H,21,23)/t16-/m0/s1. The summed E-state index contributed by atoms with van der Waals surface area (Å²) in [6.07, 6.45) is -0.813. The largest absolute Gasteiger partial charge is 0.485 e. The average Bonchev–Trinajstić information content (AvgIpc) is 2.67.